The Bertz CT molecular complexity index is 974. The number of guanidine groups is 1. The van der Waals surface area contributed by atoms with E-state index in [9.17, 15) is 5.11 Å². The van der Waals surface area contributed by atoms with Gasteiger partial charge in [0.05, 0.1) is 6.61 Å². The van der Waals surface area contributed by atoms with Crippen LogP contribution in [0.25, 0.3) is 0 Å². The first-order valence-electron chi connectivity index (χ1n) is 11.2. The summed E-state index contributed by atoms with van der Waals surface area (Å²) in [5.41, 5.74) is 10.2. The molecular formula is C25H36N4O3. The van der Waals surface area contributed by atoms with Gasteiger partial charge in [-0.05, 0) is 87.8 Å². The predicted molar refractivity (Wildman–Crippen MR) is 127 cm³/mol. The third-order valence-electron chi connectivity index (χ3n) is 6.59. The monoisotopic (exact) mass is 440 g/mol. The van der Waals surface area contributed by atoms with Crippen LogP contribution in [-0.2, 0) is 12.8 Å². The molecule has 0 spiro atoms. The lowest BCUT2D eigenvalue weighted by Crippen LogP contribution is -2.42. The van der Waals surface area contributed by atoms with Crippen molar-refractivity contribution in [2.75, 3.05) is 13.2 Å². The van der Waals surface area contributed by atoms with Gasteiger partial charge in [0.1, 0.15) is 22.8 Å². The first kappa shape index (κ1) is 23.7. The fourth-order valence-electron chi connectivity index (χ4n) is 4.18. The van der Waals surface area contributed by atoms with Gasteiger partial charge in [-0.25, -0.2) is 5.84 Å². The second kappa shape index (κ2) is 9.69. The smallest absolute Gasteiger partial charge is 0.202 e. The van der Waals surface area contributed by atoms with Gasteiger partial charge in [0.25, 0.3) is 0 Å². The van der Waals surface area contributed by atoms with E-state index in [1.807, 2.05) is 32.9 Å². The van der Waals surface area contributed by atoms with Crippen LogP contribution in [0, 0.1) is 26.2 Å². The number of hydrogen-bond donors (Lipinski definition) is 4. The fourth-order valence-corrected chi connectivity index (χ4v) is 4.18. The highest BCUT2D eigenvalue weighted by atomic mass is 16.5. The normalized spacial score (nSPS) is 17.4. The lowest BCUT2D eigenvalue weighted by atomic mass is 9.86. The molecule has 0 aromatic heterocycles. The van der Waals surface area contributed by atoms with Gasteiger partial charge in [-0.1, -0.05) is 12.1 Å². The number of rotatable bonds is 8. The number of nitrogens with zero attached hydrogens (tertiary/aromatic N) is 1. The minimum atomic E-state index is -0.293. The molecule has 0 radical (unpaired) electrons. The highest BCUT2D eigenvalue weighted by Gasteiger charge is 2.34. The van der Waals surface area contributed by atoms with E-state index in [1.54, 1.807) is 0 Å². The molecule has 7 heteroatoms. The Hall–Kier alpha value is -2.93. The standard InChI is InChI=1S/C25H36N4O3/c1-16-17(2)23-21(18(3)22(16)30)11-12-25(4,32-23)13-15-31-20-9-7-19(8-10-20)6-5-14-29(28)24(26)27/h7-10,30H,5-6,11-15,28H2,1-4H3,(H3,26,27). The Labute approximate surface area is 190 Å². The maximum atomic E-state index is 10.4. The second-order valence-corrected chi connectivity index (χ2v) is 9.01. The van der Waals surface area contributed by atoms with Gasteiger partial charge in [-0.15, -0.1) is 0 Å². The molecule has 7 nitrogen and oxygen atoms in total. The number of fused-ring (bicyclic) bond motifs is 1. The topological polar surface area (TPSA) is 118 Å². The molecule has 174 valence electrons. The SMILES string of the molecule is Cc1c(C)c2c(c(C)c1O)CCC(C)(CCOc1ccc(CCCN(N)C(=N)N)cc1)O2. The molecule has 0 amide bonds. The van der Waals surface area contributed by atoms with E-state index in [1.165, 1.54) is 10.6 Å². The summed E-state index contributed by atoms with van der Waals surface area (Å²) in [6.45, 7) is 9.18. The molecular weight excluding hydrogens is 404 g/mol. The molecule has 1 atom stereocenters. The Balaban J connectivity index is 1.52. The zero-order valence-electron chi connectivity index (χ0n) is 19.6. The van der Waals surface area contributed by atoms with Crippen LogP contribution in [0.2, 0.25) is 0 Å². The number of nitrogens with one attached hydrogen (secondary N) is 1. The van der Waals surface area contributed by atoms with Crippen LogP contribution in [0.1, 0.15) is 54.0 Å². The molecule has 2 aromatic carbocycles. The molecule has 0 saturated carbocycles. The number of ether oxygens (including phenoxy) is 2. The van der Waals surface area contributed by atoms with Gasteiger partial charge in [0, 0.05) is 18.5 Å². The van der Waals surface area contributed by atoms with Crippen molar-refractivity contribution in [2.24, 2.45) is 11.6 Å². The van der Waals surface area contributed by atoms with Crippen molar-refractivity contribution in [1.82, 2.24) is 5.01 Å². The largest absolute Gasteiger partial charge is 0.507 e. The van der Waals surface area contributed by atoms with E-state index in [-0.39, 0.29) is 11.6 Å². The maximum Gasteiger partial charge on any atom is 0.202 e. The first-order valence-corrected chi connectivity index (χ1v) is 11.2. The van der Waals surface area contributed by atoms with Crippen molar-refractivity contribution >= 4 is 5.96 Å². The van der Waals surface area contributed by atoms with Crippen LogP contribution in [0.4, 0.5) is 0 Å². The number of hydrazine groups is 1. The summed E-state index contributed by atoms with van der Waals surface area (Å²) < 4.78 is 12.5. The first-order chi connectivity index (χ1) is 15.1. The quantitative estimate of drug-likeness (QED) is 0.214. The summed E-state index contributed by atoms with van der Waals surface area (Å²) in [5, 5.41) is 18.9. The molecule has 0 fully saturated rings. The third-order valence-corrected chi connectivity index (χ3v) is 6.59. The average Bonchev–Trinajstić information content (AvgIpc) is 2.77. The Morgan fingerprint density at radius 1 is 1.19 bits per heavy atom. The molecule has 1 unspecified atom stereocenters. The zero-order valence-corrected chi connectivity index (χ0v) is 19.6. The van der Waals surface area contributed by atoms with E-state index < -0.39 is 0 Å². The van der Waals surface area contributed by atoms with E-state index in [0.29, 0.717) is 18.9 Å². The number of aryl methyl sites for hydroxylation is 1. The summed E-state index contributed by atoms with van der Waals surface area (Å²) in [6, 6.07) is 8.08. The molecule has 6 N–H and O–H groups in total. The molecule has 32 heavy (non-hydrogen) atoms. The van der Waals surface area contributed by atoms with E-state index in [0.717, 1.165) is 65.9 Å². The number of nitrogens with two attached hydrogens (primary N) is 2. The minimum Gasteiger partial charge on any atom is -0.507 e. The van der Waals surface area contributed by atoms with Crippen LogP contribution >= 0.6 is 0 Å². The van der Waals surface area contributed by atoms with Crippen LogP contribution in [-0.4, -0.2) is 34.8 Å². The highest BCUT2D eigenvalue weighted by Crippen LogP contribution is 2.44. The van der Waals surface area contributed by atoms with Crippen molar-refractivity contribution in [3.05, 3.63) is 52.1 Å². The maximum absolute atomic E-state index is 10.4. The summed E-state index contributed by atoms with van der Waals surface area (Å²) in [6.07, 6.45) is 4.25. The summed E-state index contributed by atoms with van der Waals surface area (Å²) in [7, 11) is 0. The highest BCUT2D eigenvalue weighted by molar-refractivity contribution is 5.73. The van der Waals surface area contributed by atoms with Gasteiger partial charge in [-0.3, -0.25) is 10.4 Å². The summed E-state index contributed by atoms with van der Waals surface area (Å²) in [5.74, 6) is 7.67. The van der Waals surface area contributed by atoms with Crippen molar-refractivity contribution < 1.29 is 14.6 Å². The van der Waals surface area contributed by atoms with E-state index >= 15 is 0 Å². The van der Waals surface area contributed by atoms with Gasteiger partial charge >= 0.3 is 0 Å². The molecule has 1 aliphatic rings. The van der Waals surface area contributed by atoms with Gasteiger partial charge in [0.15, 0.2) is 0 Å². The van der Waals surface area contributed by atoms with Crippen molar-refractivity contribution in [3.8, 4) is 17.2 Å². The summed E-state index contributed by atoms with van der Waals surface area (Å²) in [4.78, 5) is 0. The van der Waals surface area contributed by atoms with E-state index in [2.05, 4.69) is 19.1 Å². The van der Waals surface area contributed by atoms with Crippen LogP contribution in [0.5, 0.6) is 17.2 Å². The second-order valence-electron chi connectivity index (χ2n) is 9.01. The van der Waals surface area contributed by atoms with Crippen molar-refractivity contribution in [2.45, 2.75) is 65.4 Å². The van der Waals surface area contributed by atoms with Crippen LogP contribution in [0.15, 0.2) is 24.3 Å². The molecule has 1 heterocycles. The summed E-state index contributed by atoms with van der Waals surface area (Å²) >= 11 is 0. The number of benzene rings is 2. The Kier molecular flexibility index (Phi) is 7.19. The van der Waals surface area contributed by atoms with E-state index in [4.69, 9.17) is 26.5 Å². The number of hydrogen-bond acceptors (Lipinski definition) is 5. The molecule has 2 aromatic rings. The number of phenolic OH excluding ortho intramolecular Hbond substituents is 1. The molecule has 0 saturated heterocycles. The number of aromatic hydroxyl groups is 1. The average molecular weight is 441 g/mol. The van der Waals surface area contributed by atoms with Crippen molar-refractivity contribution in [1.29, 1.82) is 5.41 Å². The fraction of sp³-hybridized carbons (Fsp3) is 0.480. The van der Waals surface area contributed by atoms with Gasteiger partial charge in [0.2, 0.25) is 5.96 Å². The predicted octanol–water partition coefficient (Wildman–Crippen LogP) is 3.87. The molecule has 0 aliphatic carbocycles. The molecule has 0 bridgehead atoms. The van der Waals surface area contributed by atoms with Crippen LogP contribution < -0.4 is 21.1 Å². The zero-order chi connectivity index (χ0) is 23.5. The Morgan fingerprint density at radius 3 is 2.53 bits per heavy atom. The number of phenols is 1. The minimum absolute atomic E-state index is 0.119. The van der Waals surface area contributed by atoms with Gasteiger partial charge in [-0.2, -0.15) is 0 Å². The lowest BCUT2D eigenvalue weighted by molar-refractivity contribution is 0.0411. The third kappa shape index (κ3) is 5.27. The van der Waals surface area contributed by atoms with Crippen molar-refractivity contribution in [3.63, 3.8) is 0 Å². The van der Waals surface area contributed by atoms with Gasteiger partial charge < -0.3 is 20.3 Å². The molecule has 1 aliphatic heterocycles. The van der Waals surface area contributed by atoms with Crippen LogP contribution in [0.3, 0.4) is 0 Å². The lowest BCUT2D eigenvalue weighted by Gasteiger charge is -2.38. The Morgan fingerprint density at radius 2 is 1.88 bits per heavy atom. The molecule has 3 rings (SSSR count).